The lowest BCUT2D eigenvalue weighted by Gasteiger charge is -2.05. The molecule has 0 unspecified atom stereocenters. The Hall–Kier alpha value is 0.730. The van der Waals surface area contributed by atoms with Crippen LogP contribution >= 0.6 is 22.6 Å². The van der Waals surface area contributed by atoms with E-state index in [2.05, 4.69) is 29.5 Å². The van der Waals surface area contributed by atoms with Gasteiger partial charge in [-0.05, 0) is 10.8 Å². The molecule has 2 rings (SSSR count). The molecular formula is C14H29I. The molecule has 2 aliphatic carbocycles. The summed E-state index contributed by atoms with van der Waals surface area (Å²) in [6.07, 6.45) is 17.7. The van der Waals surface area contributed by atoms with Crippen LogP contribution in [0.15, 0.2) is 0 Å². The van der Waals surface area contributed by atoms with Crippen LogP contribution in [-0.4, -0.2) is 4.43 Å². The summed E-state index contributed by atoms with van der Waals surface area (Å²) < 4.78 is 1.31. The van der Waals surface area contributed by atoms with Gasteiger partial charge in [-0.1, -0.05) is 100 Å². The first-order chi connectivity index (χ1) is 7.41. The topological polar surface area (TPSA) is 0 Å². The molecule has 0 aliphatic heterocycles. The van der Waals surface area contributed by atoms with E-state index in [0.717, 1.165) is 0 Å². The molecule has 2 aliphatic rings. The smallest absolute Gasteiger partial charge is 0.000483 e. The number of unbranched alkanes of at least 4 members (excludes halogenated alkanes) is 1. The lowest BCUT2D eigenvalue weighted by Crippen LogP contribution is -1.85. The summed E-state index contributed by atoms with van der Waals surface area (Å²) in [4.78, 5) is 0. The molecule has 0 aromatic heterocycles. The van der Waals surface area contributed by atoms with Crippen LogP contribution in [0.25, 0.3) is 0 Å². The van der Waals surface area contributed by atoms with Crippen LogP contribution in [0.1, 0.15) is 84.0 Å². The van der Waals surface area contributed by atoms with E-state index in [1.54, 1.807) is 0 Å². The number of halogens is 1. The second-order valence-corrected chi connectivity index (χ2v) is 5.66. The highest BCUT2D eigenvalue weighted by molar-refractivity contribution is 14.1. The standard InChI is InChI=1S/C6H12.C4H9I.C4H8/c1-2-4-6-5-3-1;1-2-3-4-5;1-2-4-3-1/h1-6H2;2-4H2,1H3;1-4H2. The summed E-state index contributed by atoms with van der Waals surface area (Å²) in [6.45, 7) is 2.21. The second-order valence-electron chi connectivity index (χ2n) is 4.58. The van der Waals surface area contributed by atoms with Crippen molar-refractivity contribution in [3.05, 3.63) is 0 Å². The van der Waals surface area contributed by atoms with Crippen molar-refractivity contribution in [1.29, 1.82) is 0 Å². The Morgan fingerprint density at radius 3 is 1.00 bits per heavy atom. The molecule has 1 heteroatoms. The fraction of sp³-hybridized carbons (Fsp3) is 1.00. The molecule has 0 nitrogen and oxygen atoms in total. The van der Waals surface area contributed by atoms with Gasteiger partial charge >= 0.3 is 0 Å². The van der Waals surface area contributed by atoms with Gasteiger partial charge in [0.05, 0.1) is 0 Å². The quantitative estimate of drug-likeness (QED) is 0.424. The fourth-order valence-electron chi connectivity index (χ4n) is 1.44. The van der Waals surface area contributed by atoms with Crippen LogP contribution < -0.4 is 0 Å². The Labute approximate surface area is 111 Å². The van der Waals surface area contributed by atoms with Gasteiger partial charge in [-0.3, -0.25) is 0 Å². The van der Waals surface area contributed by atoms with Crippen molar-refractivity contribution in [2.24, 2.45) is 0 Å². The summed E-state index contributed by atoms with van der Waals surface area (Å²) >= 11 is 2.39. The number of rotatable bonds is 2. The molecule has 0 N–H and O–H groups in total. The Kier molecular flexibility index (Phi) is 15.4. The minimum atomic E-state index is 1.31. The maximum Gasteiger partial charge on any atom is -0.000483 e. The third-order valence-corrected chi connectivity index (χ3v) is 3.75. The van der Waals surface area contributed by atoms with E-state index in [9.17, 15) is 0 Å². The van der Waals surface area contributed by atoms with E-state index >= 15 is 0 Å². The predicted molar refractivity (Wildman–Crippen MR) is 80.0 cm³/mol. The van der Waals surface area contributed by atoms with Crippen molar-refractivity contribution >= 4 is 22.6 Å². The summed E-state index contributed by atoms with van der Waals surface area (Å²) in [5.41, 5.74) is 0. The van der Waals surface area contributed by atoms with Gasteiger partial charge in [-0.25, -0.2) is 0 Å². The first-order valence-corrected chi connectivity index (χ1v) is 8.50. The molecule has 0 heterocycles. The van der Waals surface area contributed by atoms with E-state index in [-0.39, 0.29) is 0 Å². The lowest BCUT2D eigenvalue weighted by molar-refractivity contribution is 0.504. The van der Waals surface area contributed by atoms with Crippen LogP contribution in [0.3, 0.4) is 0 Å². The Morgan fingerprint density at radius 1 is 0.667 bits per heavy atom. The molecule has 2 saturated carbocycles. The average Bonchev–Trinajstić information content (AvgIpc) is 2.20. The highest BCUT2D eigenvalue weighted by atomic mass is 127. The van der Waals surface area contributed by atoms with Crippen LogP contribution in [0, 0.1) is 0 Å². The summed E-state index contributed by atoms with van der Waals surface area (Å²) in [6, 6.07) is 0. The normalized spacial score (nSPS) is 18.8. The van der Waals surface area contributed by atoms with E-state index in [1.165, 1.54) is 81.5 Å². The monoisotopic (exact) mass is 324 g/mol. The highest BCUT2D eigenvalue weighted by Gasteiger charge is 1.95. The Bertz CT molecular complexity index is 76.0. The van der Waals surface area contributed by atoms with E-state index in [1.807, 2.05) is 0 Å². The van der Waals surface area contributed by atoms with Gasteiger partial charge in [0.2, 0.25) is 0 Å². The van der Waals surface area contributed by atoms with Gasteiger partial charge < -0.3 is 0 Å². The third-order valence-electron chi connectivity index (χ3n) is 2.99. The zero-order chi connectivity index (χ0) is 11.2. The van der Waals surface area contributed by atoms with Gasteiger partial charge in [-0.15, -0.1) is 0 Å². The van der Waals surface area contributed by atoms with Crippen LogP contribution in [0.5, 0.6) is 0 Å². The lowest BCUT2D eigenvalue weighted by atomic mass is 10.0. The zero-order valence-corrected chi connectivity index (χ0v) is 12.7. The van der Waals surface area contributed by atoms with Crippen LogP contribution in [-0.2, 0) is 0 Å². The van der Waals surface area contributed by atoms with Crippen molar-refractivity contribution in [3.8, 4) is 0 Å². The minimum Gasteiger partial charge on any atom is -0.0864 e. The first kappa shape index (κ1) is 15.7. The molecule has 0 radical (unpaired) electrons. The van der Waals surface area contributed by atoms with E-state index < -0.39 is 0 Å². The number of hydrogen-bond acceptors (Lipinski definition) is 0. The molecule has 0 aromatic rings. The van der Waals surface area contributed by atoms with Crippen molar-refractivity contribution in [1.82, 2.24) is 0 Å². The summed E-state index contributed by atoms with van der Waals surface area (Å²) in [5, 5.41) is 0. The molecule has 0 atom stereocenters. The van der Waals surface area contributed by atoms with Gasteiger partial charge in [0.1, 0.15) is 0 Å². The van der Waals surface area contributed by atoms with Gasteiger partial charge in [-0.2, -0.15) is 0 Å². The summed E-state index contributed by atoms with van der Waals surface area (Å²) in [5.74, 6) is 0. The molecule has 92 valence electrons. The molecule has 0 bridgehead atoms. The molecule has 15 heavy (non-hydrogen) atoms. The van der Waals surface area contributed by atoms with Crippen LogP contribution in [0.4, 0.5) is 0 Å². The van der Waals surface area contributed by atoms with Gasteiger partial charge in [0.25, 0.3) is 0 Å². The molecule has 0 spiro atoms. The van der Waals surface area contributed by atoms with E-state index in [0.29, 0.717) is 0 Å². The number of alkyl halides is 1. The molecular weight excluding hydrogens is 295 g/mol. The fourth-order valence-corrected chi connectivity index (χ4v) is 2.21. The SMILES string of the molecule is C1CCC1.C1CCCCC1.CCCCI. The Balaban J connectivity index is 0.000000200. The highest BCUT2D eigenvalue weighted by Crippen LogP contribution is 2.15. The molecule has 0 saturated heterocycles. The predicted octanol–water partition coefficient (Wildman–Crippen LogP) is 6.12. The molecule has 2 fully saturated rings. The molecule has 0 amide bonds. The summed E-state index contributed by atoms with van der Waals surface area (Å²) in [7, 11) is 0. The largest absolute Gasteiger partial charge is 0.0864 e. The van der Waals surface area contributed by atoms with E-state index in [4.69, 9.17) is 0 Å². The second kappa shape index (κ2) is 14.7. The van der Waals surface area contributed by atoms with Crippen molar-refractivity contribution in [3.63, 3.8) is 0 Å². The molecule has 0 aromatic carbocycles. The van der Waals surface area contributed by atoms with Crippen molar-refractivity contribution in [2.75, 3.05) is 4.43 Å². The number of hydrogen-bond donors (Lipinski definition) is 0. The first-order valence-electron chi connectivity index (χ1n) is 6.97. The maximum absolute atomic E-state index is 2.39. The maximum atomic E-state index is 2.39. The van der Waals surface area contributed by atoms with Gasteiger partial charge in [0.15, 0.2) is 0 Å². The minimum absolute atomic E-state index is 1.31. The van der Waals surface area contributed by atoms with Crippen molar-refractivity contribution < 1.29 is 0 Å². The van der Waals surface area contributed by atoms with Crippen LogP contribution in [0.2, 0.25) is 0 Å². The Morgan fingerprint density at radius 2 is 0.933 bits per heavy atom. The van der Waals surface area contributed by atoms with Crippen molar-refractivity contribution in [2.45, 2.75) is 84.0 Å². The van der Waals surface area contributed by atoms with Gasteiger partial charge in [0, 0.05) is 0 Å². The third kappa shape index (κ3) is 14.7. The zero-order valence-electron chi connectivity index (χ0n) is 10.6. The average molecular weight is 324 g/mol.